The zero-order valence-corrected chi connectivity index (χ0v) is 6.92. The average molecular weight is 167 g/mol. The third-order valence-electron chi connectivity index (χ3n) is 2.30. The zero-order valence-electron chi connectivity index (χ0n) is 6.92. The van der Waals surface area contributed by atoms with E-state index >= 15 is 0 Å². The Morgan fingerprint density at radius 1 is 1.58 bits per heavy atom. The lowest BCUT2D eigenvalue weighted by molar-refractivity contribution is -0.119. The molecule has 0 aromatic heterocycles. The van der Waals surface area contributed by atoms with Crippen LogP contribution in [-0.4, -0.2) is 30.9 Å². The molecule has 2 aliphatic rings. The maximum Gasteiger partial charge on any atom is 0.220 e. The minimum atomic E-state index is 0.116. The topological polar surface area (TPSA) is 53.5 Å². The summed E-state index contributed by atoms with van der Waals surface area (Å²) in [5.41, 5.74) is 0. The van der Waals surface area contributed by atoms with Crippen molar-refractivity contribution >= 4 is 12.1 Å². The normalized spacial score (nSPS) is 35.2. The second-order valence-corrected chi connectivity index (χ2v) is 3.23. The number of aliphatic imine (C=N–C) groups is 1. The highest BCUT2D eigenvalue weighted by Crippen LogP contribution is 2.12. The Balaban J connectivity index is 1.95. The minimum Gasteiger partial charge on any atom is -0.350 e. The molecule has 2 unspecified atom stereocenters. The zero-order chi connectivity index (χ0) is 8.39. The Bertz CT molecular complexity index is 214. The van der Waals surface area contributed by atoms with Gasteiger partial charge >= 0.3 is 0 Å². The average Bonchev–Trinajstić information content (AvgIpc) is 2.54. The molecule has 1 amide bonds. The lowest BCUT2D eigenvalue weighted by Crippen LogP contribution is -2.46. The van der Waals surface area contributed by atoms with Gasteiger partial charge in [0.1, 0.15) is 6.17 Å². The van der Waals surface area contributed by atoms with Gasteiger partial charge in [0.25, 0.3) is 0 Å². The van der Waals surface area contributed by atoms with Crippen LogP contribution in [0.3, 0.4) is 0 Å². The first kappa shape index (κ1) is 7.73. The Labute approximate surface area is 71.4 Å². The molecule has 2 atom stereocenters. The maximum atomic E-state index is 10.9. The van der Waals surface area contributed by atoms with Gasteiger partial charge in [-0.25, -0.2) is 0 Å². The van der Waals surface area contributed by atoms with Gasteiger partial charge in [-0.1, -0.05) is 0 Å². The molecule has 0 aromatic rings. The van der Waals surface area contributed by atoms with Gasteiger partial charge in [-0.2, -0.15) is 0 Å². The molecule has 1 saturated heterocycles. The maximum absolute atomic E-state index is 10.9. The fourth-order valence-corrected chi connectivity index (χ4v) is 1.66. The molecule has 0 radical (unpaired) electrons. The molecule has 2 N–H and O–H groups in total. The highest BCUT2D eigenvalue weighted by molar-refractivity contribution is 5.78. The van der Waals surface area contributed by atoms with Crippen LogP contribution in [-0.2, 0) is 4.79 Å². The molecule has 0 saturated carbocycles. The van der Waals surface area contributed by atoms with Gasteiger partial charge in [0.15, 0.2) is 0 Å². The van der Waals surface area contributed by atoms with E-state index in [0.29, 0.717) is 6.42 Å². The fraction of sp³-hybridized carbons (Fsp3) is 0.750. The van der Waals surface area contributed by atoms with Crippen LogP contribution in [0.25, 0.3) is 0 Å². The van der Waals surface area contributed by atoms with E-state index in [1.165, 1.54) is 0 Å². The van der Waals surface area contributed by atoms with Crippen LogP contribution >= 0.6 is 0 Å². The SMILES string of the molecule is O=C1CCC(C2N=CCCN2)N1. The first-order valence-corrected chi connectivity index (χ1v) is 4.40. The molecule has 0 aromatic carbocycles. The summed E-state index contributed by atoms with van der Waals surface area (Å²) in [6, 6.07) is 0.217. The van der Waals surface area contributed by atoms with Crippen molar-refractivity contribution in [2.75, 3.05) is 6.54 Å². The highest BCUT2D eigenvalue weighted by atomic mass is 16.1. The number of nitrogens with one attached hydrogen (secondary N) is 2. The lowest BCUT2D eigenvalue weighted by atomic mass is 10.1. The van der Waals surface area contributed by atoms with Crippen molar-refractivity contribution < 1.29 is 4.79 Å². The minimum absolute atomic E-state index is 0.116. The first-order chi connectivity index (χ1) is 5.86. The van der Waals surface area contributed by atoms with E-state index in [-0.39, 0.29) is 18.1 Å². The molecular formula is C8H13N3O. The highest BCUT2D eigenvalue weighted by Gasteiger charge is 2.28. The Morgan fingerprint density at radius 2 is 2.50 bits per heavy atom. The Morgan fingerprint density at radius 3 is 3.08 bits per heavy atom. The number of carbonyl (C=O) groups is 1. The fourth-order valence-electron chi connectivity index (χ4n) is 1.66. The molecule has 66 valence electrons. The van der Waals surface area contributed by atoms with Crippen LogP contribution in [0.15, 0.2) is 4.99 Å². The van der Waals surface area contributed by atoms with Crippen molar-refractivity contribution in [3.63, 3.8) is 0 Å². The van der Waals surface area contributed by atoms with Crippen LogP contribution in [0, 0.1) is 0 Å². The van der Waals surface area contributed by atoms with Crippen molar-refractivity contribution in [1.29, 1.82) is 0 Å². The second kappa shape index (κ2) is 3.23. The van der Waals surface area contributed by atoms with Crippen LogP contribution in [0.2, 0.25) is 0 Å². The number of amides is 1. The second-order valence-electron chi connectivity index (χ2n) is 3.23. The third-order valence-corrected chi connectivity index (χ3v) is 2.30. The Hall–Kier alpha value is -0.900. The molecule has 1 fully saturated rings. The van der Waals surface area contributed by atoms with E-state index in [4.69, 9.17) is 0 Å². The van der Waals surface area contributed by atoms with Crippen molar-refractivity contribution in [3.05, 3.63) is 0 Å². The quantitative estimate of drug-likeness (QED) is 0.561. The van der Waals surface area contributed by atoms with Crippen LogP contribution in [0.1, 0.15) is 19.3 Å². The number of carbonyl (C=O) groups excluding carboxylic acids is 1. The molecule has 12 heavy (non-hydrogen) atoms. The van der Waals surface area contributed by atoms with Gasteiger partial charge < -0.3 is 5.32 Å². The van der Waals surface area contributed by atoms with E-state index < -0.39 is 0 Å². The van der Waals surface area contributed by atoms with Gasteiger partial charge in [0.2, 0.25) is 5.91 Å². The van der Waals surface area contributed by atoms with Gasteiger partial charge in [-0.3, -0.25) is 15.1 Å². The molecule has 4 nitrogen and oxygen atoms in total. The van der Waals surface area contributed by atoms with Crippen LogP contribution in [0.4, 0.5) is 0 Å². The molecule has 2 rings (SSSR count). The summed E-state index contributed by atoms with van der Waals surface area (Å²) in [5.74, 6) is 0.155. The smallest absolute Gasteiger partial charge is 0.220 e. The number of hydrogen-bond donors (Lipinski definition) is 2. The predicted octanol–water partition coefficient (Wildman–Crippen LogP) is -0.345. The van der Waals surface area contributed by atoms with Gasteiger partial charge in [-0.05, 0) is 12.8 Å². The van der Waals surface area contributed by atoms with E-state index in [1.807, 2.05) is 6.21 Å². The number of hydrogen-bond acceptors (Lipinski definition) is 3. The summed E-state index contributed by atoms with van der Waals surface area (Å²) >= 11 is 0. The molecule has 4 heteroatoms. The molecule has 2 aliphatic heterocycles. The predicted molar refractivity (Wildman–Crippen MR) is 46.1 cm³/mol. The summed E-state index contributed by atoms with van der Waals surface area (Å²) in [4.78, 5) is 15.2. The van der Waals surface area contributed by atoms with Crippen LogP contribution < -0.4 is 10.6 Å². The monoisotopic (exact) mass is 167 g/mol. The molecule has 0 spiro atoms. The summed E-state index contributed by atoms with van der Waals surface area (Å²) in [7, 11) is 0. The summed E-state index contributed by atoms with van der Waals surface area (Å²) in [6.45, 7) is 0.973. The van der Waals surface area contributed by atoms with E-state index in [1.54, 1.807) is 0 Å². The lowest BCUT2D eigenvalue weighted by Gasteiger charge is -2.23. The van der Waals surface area contributed by atoms with Gasteiger partial charge in [0.05, 0.1) is 6.04 Å². The molecular weight excluding hydrogens is 154 g/mol. The van der Waals surface area contributed by atoms with E-state index in [9.17, 15) is 4.79 Å². The van der Waals surface area contributed by atoms with E-state index in [2.05, 4.69) is 15.6 Å². The van der Waals surface area contributed by atoms with Gasteiger partial charge in [-0.15, -0.1) is 0 Å². The molecule has 0 aliphatic carbocycles. The van der Waals surface area contributed by atoms with Crippen molar-refractivity contribution in [2.45, 2.75) is 31.5 Å². The van der Waals surface area contributed by atoms with E-state index in [0.717, 1.165) is 19.4 Å². The standard InChI is InChI=1S/C8H13N3O/c12-7-3-2-6(11-7)8-9-4-1-5-10-8/h4,6,8,10H,1-3,5H2,(H,11,12). The van der Waals surface area contributed by atoms with Crippen molar-refractivity contribution in [1.82, 2.24) is 10.6 Å². The first-order valence-electron chi connectivity index (χ1n) is 4.40. The Kier molecular flexibility index (Phi) is 2.08. The van der Waals surface area contributed by atoms with Crippen molar-refractivity contribution in [3.8, 4) is 0 Å². The van der Waals surface area contributed by atoms with Gasteiger partial charge in [0, 0.05) is 19.2 Å². The number of nitrogens with zero attached hydrogens (tertiary/aromatic N) is 1. The summed E-state index contributed by atoms with van der Waals surface area (Å²) in [6.07, 6.45) is 4.61. The van der Waals surface area contributed by atoms with Crippen LogP contribution in [0.5, 0.6) is 0 Å². The van der Waals surface area contributed by atoms with Crippen molar-refractivity contribution in [2.24, 2.45) is 4.99 Å². The summed E-state index contributed by atoms with van der Waals surface area (Å²) in [5, 5.41) is 6.18. The molecule has 0 bridgehead atoms. The summed E-state index contributed by atoms with van der Waals surface area (Å²) < 4.78 is 0. The largest absolute Gasteiger partial charge is 0.350 e. The third kappa shape index (κ3) is 1.48. The number of rotatable bonds is 1. The molecule has 2 heterocycles.